The Morgan fingerprint density at radius 2 is 2.11 bits per heavy atom. The SMILES string of the molecule is COC(=O)c1cncnc1N(C)c1ccccc1F. The van der Waals surface area contributed by atoms with Gasteiger partial charge in [0.25, 0.3) is 0 Å². The maximum absolute atomic E-state index is 13.7. The molecule has 0 atom stereocenters. The number of hydrogen-bond donors (Lipinski definition) is 0. The summed E-state index contributed by atoms with van der Waals surface area (Å²) in [4.78, 5) is 20.9. The molecule has 0 amide bonds. The molecular weight excluding hydrogens is 249 g/mol. The van der Waals surface area contributed by atoms with Gasteiger partial charge in [-0.2, -0.15) is 0 Å². The van der Waals surface area contributed by atoms with Crippen molar-refractivity contribution in [2.75, 3.05) is 19.1 Å². The summed E-state index contributed by atoms with van der Waals surface area (Å²) in [5.74, 6) is -0.690. The predicted molar refractivity (Wildman–Crippen MR) is 67.8 cm³/mol. The highest BCUT2D eigenvalue weighted by Crippen LogP contribution is 2.26. The monoisotopic (exact) mass is 261 g/mol. The number of anilines is 2. The van der Waals surface area contributed by atoms with Crippen molar-refractivity contribution in [2.24, 2.45) is 0 Å². The van der Waals surface area contributed by atoms with E-state index < -0.39 is 11.8 Å². The van der Waals surface area contributed by atoms with Gasteiger partial charge in [-0.1, -0.05) is 12.1 Å². The van der Waals surface area contributed by atoms with Crippen molar-refractivity contribution in [1.29, 1.82) is 0 Å². The van der Waals surface area contributed by atoms with Gasteiger partial charge >= 0.3 is 5.97 Å². The number of para-hydroxylation sites is 1. The summed E-state index contributed by atoms with van der Waals surface area (Å²) in [5.41, 5.74) is 0.488. The molecular formula is C13H12FN3O2. The van der Waals surface area contributed by atoms with E-state index in [0.29, 0.717) is 5.69 Å². The van der Waals surface area contributed by atoms with Gasteiger partial charge in [0.2, 0.25) is 0 Å². The normalized spacial score (nSPS) is 10.1. The third kappa shape index (κ3) is 2.52. The van der Waals surface area contributed by atoms with Crippen molar-refractivity contribution in [3.8, 4) is 0 Å². The van der Waals surface area contributed by atoms with Crippen molar-refractivity contribution >= 4 is 17.5 Å². The van der Waals surface area contributed by atoms with E-state index in [-0.39, 0.29) is 11.4 Å². The Hall–Kier alpha value is -2.50. The minimum atomic E-state index is -0.571. The second kappa shape index (κ2) is 5.43. The van der Waals surface area contributed by atoms with Gasteiger partial charge in [0, 0.05) is 13.2 Å². The minimum absolute atomic E-state index is 0.177. The molecule has 0 saturated heterocycles. The third-order valence-corrected chi connectivity index (χ3v) is 2.63. The number of rotatable bonds is 3. The van der Waals surface area contributed by atoms with Crippen LogP contribution in [-0.2, 0) is 4.74 Å². The average molecular weight is 261 g/mol. The molecule has 98 valence electrons. The van der Waals surface area contributed by atoms with Crippen molar-refractivity contribution in [3.63, 3.8) is 0 Å². The van der Waals surface area contributed by atoms with Crippen LogP contribution in [0.3, 0.4) is 0 Å². The Morgan fingerprint density at radius 3 is 2.79 bits per heavy atom. The first-order chi connectivity index (χ1) is 9.15. The number of carbonyl (C=O) groups is 1. The van der Waals surface area contributed by atoms with Crippen LogP contribution in [0.2, 0.25) is 0 Å². The van der Waals surface area contributed by atoms with E-state index in [0.717, 1.165) is 0 Å². The Kier molecular flexibility index (Phi) is 3.70. The van der Waals surface area contributed by atoms with Crippen LogP contribution < -0.4 is 4.90 Å². The zero-order chi connectivity index (χ0) is 13.8. The summed E-state index contributed by atoms with van der Waals surface area (Å²) < 4.78 is 18.4. The molecule has 1 aromatic heterocycles. The molecule has 0 unspecified atom stereocenters. The molecule has 5 nitrogen and oxygen atoms in total. The van der Waals surface area contributed by atoms with E-state index in [2.05, 4.69) is 14.7 Å². The second-order valence-corrected chi connectivity index (χ2v) is 3.76. The van der Waals surface area contributed by atoms with Crippen LogP contribution in [0.1, 0.15) is 10.4 Å². The number of esters is 1. The highest BCUT2D eigenvalue weighted by Gasteiger charge is 2.19. The van der Waals surface area contributed by atoms with E-state index in [1.165, 1.54) is 30.6 Å². The fraction of sp³-hybridized carbons (Fsp3) is 0.154. The van der Waals surface area contributed by atoms with Crippen LogP contribution in [0.4, 0.5) is 15.9 Å². The number of hydrogen-bond acceptors (Lipinski definition) is 5. The summed E-state index contributed by atoms with van der Waals surface area (Å²) in [6, 6.07) is 6.23. The molecule has 19 heavy (non-hydrogen) atoms. The van der Waals surface area contributed by atoms with Crippen molar-refractivity contribution < 1.29 is 13.9 Å². The van der Waals surface area contributed by atoms with E-state index in [1.807, 2.05) is 0 Å². The van der Waals surface area contributed by atoms with Crippen LogP contribution >= 0.6 is 0 Å². The van der Waals surface area contributed by atoms with Crippen LogP contribution in [0.15, 0.2) is 36.8 Å². The third-order valence-electron chi connectivity index (χ3n) is 2.63. The molecule has 1 heterocycles. The summed E-state index contributed by atoms with van der Waals surface area (Å²) in [6.45, 7) is 0. The average Bonchev–Trinajstić information content (AvgIpc) is 2.46. The molecule has 0 radical (unpaired) electrons. The van der Waals surface area contributed by atoms with Crippen LogP contribution in [0.25, 0.3) is 0 Å². The second-order valence-electron chi connectivity index (χ2n) is 3.76. The fourth-order valence-electron chi connectivity index (χ4n) is 1.68. The van der Waals surface area contributed by atoms with Crippen molar-refractivity contribution in [3.05, 3.63) is 48.2 Å². The standard InChI is InChI=1S/C13H12FN3O2/c1-17(11-6-4-3-5-10(11)14)12-9(13(18)19-2)7-15-8-16-12/h3-8H,1-2H3. The largest absolute Gasteiger partial charge is 0.465 e. The molecule has 0 aliphatic carbocycles. The van der Waals surface area contributed by atoms with Gasteiger partial charge in [-0.15, -0.1) is 0 Å². The quantitative estimate of drug-likeness (QED) is 0.792. The first-order valence-electron chi connectivity index (χ1n) is 5.51. The summed E-state index contributed by atoms with van der Waals surface area (Å²) >= 11 is 0. The van der Waals surface area contributed by atoms with Crippen LogP contribution in [-0.4, -0.2) is 30.1 Å². The molecule has 0 aliphatic heterocycles. The van der Waals surface area contributed by atoms with E-state index in [1.54, 1.807) is 25.2 Å². The van der Waals surface area contributed by atoms with Gasteiger partial charge in [-0.05, 0) is 12.1 Å². The Morgan fingerprint density at radius 1 is 1.37 bits per heavy atom. The number of halogens is 1. The summed E-state index contributed by atoms with van der Waals surface area (Å²) in [6.07, 6.45) is 2.63. The molecule has 0 aliphatic rings. The maximum atomic E-state index is 13.7. The number of methoxy groups -OCH3 is 1. The Bertz CT molecular complexity index is 604. The number of ether oxygens (including phenoxy) is 1. The lowest BCUT2D eigenvalue weighted by atomic mass is 10.2. The molecule has 2 aromatic rings. The number of nitrogens with zero attached hydrogens (tertiary/aromatic N) is 3. The van der Waals surface area contributed by atoms with Gasteiger partial charge in [-0.25, -0.2) is 19.2 Å². The molecule has 1 aromatic carbocycles. The topological polar surface area (TPSA) is 55.3 Å². The minimum Gasteiger partial charge on any atom is -0.465 e. The lowest BCUT2D eigenvalue weighted by Crippen LogP contribution is -2.17. The van der Waals surface area contributed by atoms with Gasteiger partial charge in [0.15, 0.2) is 5.82 Å². The summed E-state index contributed by atoms with van der Waals surface area (Å²) in [5, 5.41) is 0. The first-order valence-corrected chi connectivity index (χ1v) is 5.51. The number of benzene rings is 1. The van der Waals surface area contributed by atoms with Gasteiger partial charge in [0.05, 0.1) is 12.8 Å². The predicted octanol–water partition coefficient (Wildman–Crippen LogP) is 2.17. The molecule has 0 saturated carbocycles. The Balaban J connectivity index is 2.48. The smallest absolute Gasteiger partial charge is 0.343 e. The van der Waals surface area contributed by atoms with E-state index in [4.69, 9.17) is 0 Å². The zero-order valence-corrected chi connectivity index (χ0v) is 10.5. The van der Waals surface area contributed by atoms with Crippen molar-refractivity contribution in [2.45, 2.75) is 0 Å². The van der Waals surface area contributed by atoms with Crippen LogP contribution in [0, 0.1) is 5.82 Å². The molecule has 0 N–H and O–H groups in total. The highest BCUT2D eigenvalue weighted by molar-refractivity contribution is 5.95. The molecule has 0 bridgehead atoms. The molecule has 0 fully saturated rings. The first kappa shape index (κ1) is 12.9. The van der Waals surface area contributed by atoms with Gasteiger partial charge in [0.1, 0.15) is 17.7 Å². The number of aromatic nitrogens is 2. The van der Waals surface area contributed by atoms with Gasteiger partial charge in [-0.3, -0.25) is 0 Å². The van der Waals surface area contributed by atoms with Gasteiger partial charge < -0.3 is 9.64 Å². The number of carbonyl (C=O) groups excluding carboxylic acids is 1. The maximum Gasteiger partial charge on any atom is 0.343 e. The highest BCUT2D eigenvalue weighted by atomic mass is 19.1. The Labute approximate surface area is 109 Å². The zero-order valence-electron chi connectivity index (χ0n) is 10.5. The van der Waals surface area contributed by atoms with Crippen molar-refractivity contribution in [1.82, 2.24) is 9.97 Å². The van der Waals surface area contributed by atoms with E-state index in [9.17, 15) is 9.18 Å². The summed E-state index contributed by atoms with van der Waals surface area (Å²) in [7, 11) is 2.88. The molecule has 2 rings (SSSR count). The molecule has 0 spiro atoms. The lowest BCUT2D eigenvalue weighted by Gasteiger charge is -2.20. The lowest BCUT2D eigenvalue weighted by molar-refractivity contribution is 0.0600. The van der Waals surface area contributed by atoms with E-state index >= 15 is 0 Å². The fourth-order valence-corrected chi connectivity index (χ4v) is 1.68. The molecule has 6 heteroatoms. The van der Waals surface area contributed by atoms with Crippen LogP contribution in [0.5, 0.6) is 0 Å².